The zero-order valence-corrected chi connectivity index (χ0v) is 12.8. The molecule has 0 radical (unpaired) electrons. The van der Waals surface area contributed by atoms with Crippen molar-refractivity contribution in [3.8, 4) is 17.6 Å². The summed E-state index contributed by atoms with van der Waals surface area (Å²) in [6, 6.07) is 8.10. The van der Waals surface area contributed by atoms with E-state index in [2.05, 4.69) is 6.07 Å². The summed E-state index contributed by atoms with van der Waals surface area (Å²) in [6.07, 6.45) is 1.43. The van der Waals surface area contributed by atoms with Crippen LogP contribution in [0.1, 0.15) is 32.8 Å². The van der Waals surface area contributed by atoms with Crippen LogP contribution in [0.2, 0.25) is 0 Å². The van der Waals surface area contributed by atoms with Crippen molar-refractivity contribution in [3.05, 3.63) is 23.8 Å². The van der Waals surface area contributed by atoms with Crippen LogP contribution in [-0.4, -0.2) is 19.8 Å². The van der Waals surface area contributed by atoms with Crippen LogP contribution in [0.25, 0.3) is 0 Å². The van der Waals surface area contributed by atoms with Crippen molar-refractivity contribution >= 4 is 0 Å². The van der Waals surface area contributed by atoms with Crippen molar-refractivity contribution in [2.75, 3.05) is 13.7 Å². The fraction of sp³-hybridized carbons (Fsp3) is 0.562. The van der Waals surface area contributed by atoms with Gasteiger partial charge in [-0.1, -0.05) is 6.07 Å². The average molecular weight is 276 g/mol. The van der Waals surface area contributed by atoms with Crippen molar-refractivity contribution in [1.29, 1.82) is 5.26 Å². The molecule has 0 spiro atoms. The Morgan fingerprint density at radius 1 is 1.40 bits per heavy atom. The van der Waals surface area contributed by atoms with Gasteiger partial charge in [-0.25, -0.2) is 0 Å². The molecule has 0 aliphatic rings. The van der Waals surface area contributed by atoms with Gasteiger partial charge in [-0.05, 0) is 45.2 Å². The maximum absolute atomic E-state index is 9.00. The minimum atomic E-state index is -0.375. The lowest BCUT2D eigenvalue weighted by Crippen LogP contribution is -2.19. The van der Waals surface area contributed by atoms with Crippen molar-refractivity contribution < 1.29 is 9.47 Å². The van der Waals surface area contributed by atoms with Gasteiger partial charge in [0.2, 0.25) is 0 Å². The summed E-state index contributed by atoms with van der Waals surface area (Å²) in [5.74, 6) is 1.54. The Hall–Kier alpha value is -1.73. The smallest absolute Gasteiger partial charge is 0.126 e. The molecule has 1 aromatic carbocycles. The molecule has 0 aliphatic heterocycles. The summed E-state index contributed by atoms with van der Waals surface area (Å²) in [5, 5.41) is 9.00. The van der Waals surface area contributed by atoms with E-state index in [1.54, 1.807) is 7.11 Å². The summed E-state index contributed by atoms with van der Waals surface area (Å²) in [4.78, 5) is 0. The number of methoxy groups -OCH3 is 1. The lowest BCUT2D eigenvalue weighted by molar-refractivity contribution is 0.261. The molecule has 0 bridgehead atoms. The first-order valence-corrected chi connectivity index (χ1v) is 6.84. The molecule has 110 valence electrons. The zero-order valence-electron chi connectivity index (χ0n) is 12.8. The number of nitrogens with two attached hydrogens (primary N) is 1. The first-order chi connectivity index (χ1) is 9.38. The Bertz CT molecular complexity index is 476. The molecule has 0 saturated heterocycles. The second kappa shape index (κ2) is 7.16. The number of ether oxygens (including phenoxy) is 2. The molecule has 4 nitrogen and oxygen atoms in total. The molecule has 0 fully saturated rings. The normalized spacial score (nSPS) is 12.6. The van der Waals surface area contributed by atoms with Gasteiger partial charge in [0.1, 0.15) is 11.5 Å². The average Bonchev–Trinajstić information content (AvgIpc) is 2.39. The Balaban J connectivity index is 2.78. The van der Waals surface area contributed by atoms with Crippen LogP contribution >= 0.6 is 0 Å². The fourth-order valence-corrected chi connectivity index (χ4v) is 1.78. The lowest BCUT2D eigenvalue weighted by Gasteiger charge is -2.18. The second-order valence-corrected chi connectivity index (χ2v) is 5.75. The maximum atomic E-state index is 9.00. The molecule has 1 rings (SSSR count). The Morgan fingerprint density at radius 3 is 2.65 bits per heavy atom. The van der Waals surface area contributed by atoms with E-state index in [-0.39, 0.29) is 11.5 Å². The quantitative estimate of drug-likeness (QED) is 0.831. The third-order valence-corrected chi connectivity index (χ3v) is 3.10. The largest absolute Gasteiger partial charge is 0.497 e. The van der Waals surface area contributed by atoms with E-state index in [0.29, 0.717) is 13.0 Å². The predicted molar refractivity (Wildman–Crippen MR) is 79.9 cm³/mol. The van der Waals surface area contributed by atoms with E-state index in [1.165, 1.54) is 0 Å². The van der Waals surface area contributed by atoms with Gasteiger partial charge in [-0.15, -0.1) is 0 Å². The van der Waals surface area contributed by atoms with E-state index in [0.717, 1.165) is 23.5 Å². The van der Waals surface area contributed by atoms with E-state index in [1.807, 2.05) is 39.0 Å². The molecule has 0 amide bonds. The van der Waals surface area contributed by atoms with Crippen LogP contribution in [0.3, 0.4) is 0 Å². The number of hydrogen-bond acceptors (Lipinski definition) is 4. The van der Waals surface area contributed by atoms with Crippen LogP contribution in [-0.2, 0) is 6.42 Å². The first kappa shape index (κ1) is 16.3. The van der Waals surface area contributed by atoms with Gasteiger partial charge in [0.05, 0.1) is 25.2 Å². The topological polar surface area (TPSA) is 68.3 Å². The highest BCUT2D eigenvalue weighted by molar-refractivity contribution is 5.41. The summed E-state index contributed by atoms with van der Waals surface area (Å²) >= 11 is 0. The third kappa shape index (κ3) is 5.10. The van der Waals surface area contributed by atoms with Crippen molar-refractivity contribution in [2.24, 2.45) is 11.1 Å². The van der Waals surface area contributed by atoms with Gasteiger partial charge in [0.25, 0.3) is 0 Å². The number of nitriles is 1. The van der Waals surface area contributed by atoms with Gasteiger partial charge >= 0.3 is 0 Å². The first-order valence-electron chi connectivity index (χ1n) is 6.84. The van der Waals surface area contributed by atoms with Gasteiger partial charge in [0.15, 0.2) is 0 Å². The van der Waals surface area contributed by atoms with Gasteiger partial charge in [-0.3, -0.25) is 0 Å². The highest BCUT2D eigenvalue weighted by Crippen LogP contribution is 2.27. The van der Waals surface area contributed by atoms with Crippen LogP contribution in [0.5, 0.6) is 11.5 Å². The molecule has 1 unspecified atom stereocenters. The third-order valence-electron chi connectivity index (χ3n) is 3.10. The minimum Gasteiger partial charge on any atom is -0.497 e. The molecular weight excluding hydrogens is 252 g/mol. The Kier molecular flexibility index (Phi) is 5.84. The molecule has 1 aromatic rings. The molecule has 0 heterocycles. The lowest BCUT2D eigenvalue weighted by atomic mass is 9.92. The van der Waals surface area contributed by atoms with Gasteiger partial charge in [-0.2, -0.15) is 5.26 Å². The van der Waals surface area contributed by atoms with E-state index < -0.39 is 0 Å². The standard InChI is InChI=1S/C16H24N2O2/c1-12(18)9-13-5-6-14(19-4)10-15(13)20-8-7-16(2,3)11-17/h5-6,10,12H,7-9,18H2,1-4H3. The zero-order chi connectivity index (χ0) is 15.2. The van der Waals surface area contributed by atoms with Crippen LogP contribution < -0.4 is 15.2 Å². The van der Waals surface area contributed by atoms with Crippen LogP contribution in [0.15, 0.2) is 18.2 Å². The highest BCUT2D eigenvalue weighted by Gasteiger charge is 2.17. The summed E-state index contributed by atoms with van der Waals surface area (Å²) in [5.41, 5.74) is 6.54. The van der Waals surface area contributed by atoms with Crippen LogP contribution in [0.4, 0.5) is 0 Å². The van der Waals surface area contributed by atoms with E-state index >= 15 is 0 Å². The SMILES string of the molecule is COc1ccc(CC(C)N)c(OCCC(C)(C)C#N)c1. The molecular formula is C16H24N2O2. The number of hydrogen-bond donors (Lipinski definition) is 1. The Morgan fingerprint density at radius 2 is 2.10 bits per heavy atom. The molecule has 20 heavy (non-hydrogen) atoms. The van der Waals surface area contributed by atoms with Crippen molar-refractivity contribution in [3.63, 3.8) is 0 Å². The molecule has 0 aliphatic carbocycles. The fourth-order valence-electron chi connectivity index (χ4n) is 1.78. The van der Waals surface area contributed by atoms with Gasteiger partial charge < -0.3 is 15.2 Å². The van der Waals surface area contributed by atoms with Crippen LogP contribution in [0, 0.1) is 16.7 Å². The van der Waals surface area contributed by atoms with Gasteiger partial charge in [0, 0.05) is 12.1 Å². The molecule has 0 aromatic heterocycles. The highest BCUT2D eigenvalue weighted by atomic mass is 16.5. The molecule has 1 atom stereocenters. The number of benzene rings is 1. The summed E-state index contributed by atoms with van der Waals surface area (Å²) in [7, 11) is 1.63. The molecule has 0 saturated carbocycles. The maximum Gasteiger partial charge on any atom is 0.126 e. The summed E-state index contributed by atoms with van der Waals surface area (Å²) in [6.45, 7) is 6.28. The number of nitrogens with zero attached hydrogens (tertiary/aromatic N) is 1. The minimum absolute atomic E-state index is 0.0706. The van der Waals surface area contributed by atoms with E-state index in [4.69, 9.17) is 20.5 Å². The predicted octanol–water partition coefficient (Wildman–Crippen LogP) is 2.90. The van der Waals surface area contributed by atoms with Crippen molar-refractivity contribution in [2.45, 2.75) is 39.7 Å². The number of rotatable bonds is 7. The van der Waals surface area contributed by atoms with E-state index in [9.17, 15) is 0 Å². The Labute approximate surface area is 121 Å². The second-order valence-electron chi connectivity index (χ2n) is 5.75. The monoisotopic (exact) mass is 276 g/mol. The molecule has 4 heteroatoms. The van der Waals surface area contributed by atoms with Crippen molar-refractivity contribution in [1.82, 2.24) is 0 Å². The summed E-state index contributed by atoms with van der Waals surface area (Å²) < 4.78 is 11.1. The molecule has 2 N–H and O–H groups in total.